The summed E-state index contributed by atoms with van der Waals surface area (Å²) in [5.41, 5.74) is 3.84. The van der Waals surface area contributed by atoms with Gasteiger partial charge in [-0.05, 0) is 41.3 Å². The van der Waals surface area contributed by atoms with Crippen LogP contribution in [0.5, 0.6) is 11.5 Å². The molecule has 0 spiro atoms. The van der Waals surface area contributed by atoms with Crippen LogP contribution in [0, 0.1) is 0 Å². The van der Waals surface area contributed by atoms with Crippen molar-refractivity contribution >= 4 is 0 Å². The predicted octanol–water partition coefficient (Wildman–Crippen LogP) is 4.24. The topological polar surface area (TPSA) is 53.4 Å². The Balaban J connectivity index is 1.62. The third-order valence-corrected chi connectivity index (χ3v) is 4.89. The van der Waals surface area contributed by atoms with E-state index in [-0.39, 0.29) is 5.56 Å². The Kier molecular flexibility index (Phi) is 5.15. The maximum absolute atomic E-state index is 12.3. The number of ether oxygens (including phenoxy) is 2. The lowest BCUT2D eigenvalue weighted by atomic mass is 10.0. The molecule has 0 radical (unpaired) electrons. The van der Waals surface area contributed by atoms with Crippen LogP contribution in [0.1, 0.15) is 37.3 Å². The summed E-state index contributed by atoms with van der Waals surface area (Å²) in [5.74, 6) is 1.95. The van der Waals surface area contributed by atoms with Crippen molar-refractivity contribution in [3.05, 3.63) is 76.1 Å². The molecule has 2 aromatic carbocycles. The van der Waals surface area contributed by atoms with Gasteiger partial charge >= 0.3 is 0 Å². The van der Waals surface area contributed by atoms with Gasteiger partial charge in [0.2, 0.25) is 0 Å². The summed E-state index contributed by atoms with van der Waals surface area (Å²) in [6, 6.07) is 17.4. The van der Waals surface area contributed by atoms with Gasteiger partial charge in [-0.3, -0.25) is 4.79 Å². The lowest BCUT2D eigenvalue weighted by Crippen LogP contribution is -2.22. The lowest BCUT2D eigenvalue weighted by molar-refractivity contribution is 0.297. The van der Waals surface area contributed by atoms with Gasteiger partial charge in [0.05, 0.1) is 25.5 Å². The molecule has 0 bridgehead atoms. The summed E-state index contributed by atoms with van der Waals surface area (Å²) in [4.78, 5) is 12.3. The molecule has 2 heterocycles. The summed E-state index contributed by atoms with van der Waals surface area (Å²) < 4.78 is 13.0. The largest absolute Gasteiger partial charge is 0.490 e. The molecule has 0 fully saturated rings. The van der Waals surface area contributed by atoms with Crippen LogP contribution in [0.2, 0.25) is 0 Å². The normalized spacial score (nSPS) is 13.4. The third-order valence-electron chi connectivity index (χ3n) is 4.89. The van der Waals surface area contributed by atoms with Crippen molar-refractivity contribution in [3.63, 3.8) is 0 Å². The van der Waals surface area contributed by atoms with Crippen LogP contribution < -0.4 is 15.0 Å². The second-order valence-corrected chi connectivity index (χ2v) is 7.32. The first-order chi connectivity index (χ1) is 13.6. The number of hydrogen-bond acceptors (Lipinski definition) is 4. The zero-order valence-electron chi connectivity index (χ0n) is 16.2. The second kappa shape index (κ2) is 7.89. The standard InChI is InChI=1S/C23H24N2O3/c1-16(2)18-6-4-17(5-7-18)15-25-23(26)11-9-20(24-25)19-8-10-21-22(14-19)28-13-3-12-27-21/h4-11,14,16H,3,12-13,15H2,1-2H3. The van der Waals surface area contributed by atoms with E-state index in [0.29, 0.717) is 25.7 Å². The SMILES string of the molecule is CC(C)c1ccc(Cn2nc(-c3ccc4c(c3)OCCCO4)ccc2=O)cc1. The molecule has 0 atom stereocenters. The van der Waals surface area contributed by atoms with Crippen molar-refractivity contribution in [2.24, 2.45) is 0 Å². The van der Waals surface area contributed by atoms with E-state index >= 15 is 0 Å². The Labute approximate surface area is 164 Å². The minimum Gasteiger partial charge on any atom is -0.490 e. The van der Waals surface area contributed by atoms with Crippen molar-refractivity contribution in [2.75, 3.05) is 13.2 Å². The molecular formula is C23H24N2O3. The summed E-state index contributed by atoms with van der Waals surface area (Å²) in [7, 11) is 0. The molecule has 0 N–H and O–H groups in total. The van der Waals surface area contributed by atoms with Gasteiger partial charge in [-0.25, -0.2) is 4.68 Å². The Morgan fingerprint density at radius 3 is 2.46 bits per heavy atom. The zero-order valence-corrected chi connectivity index (χ0v) is 16.2. The van der Waals surface area contributed by atoms with Gasteiger partial charge in [-0.1, -0.05) is 38.1 Å². The summed E-state index contributed by atoms with van der Waals surface area (Å²) >= 11 is 0. The first kappa shape index (κ1) is 18.3. The van der Waals surface area contributed by atoms with E-state index in [4.69, 9.17) is 9.47 Å². The van der Waals surface area contributed by atoms with E-state index in [9.17, 15) is 4.79 Å². The number of aromatic nitrogens is 2. The van der Waals surface area contributed by atoms with E-state index in [0.717, 1.165) is 34.7 Å². The maximum atomic E-state index is 12.3. The molecule has 0 unspecified atom stereocenters. The Morgan fingerprint density at radius 1 is 0.964 bits per heavy atom. The highest BCUT2D eigenvalue weighted by molar-refractivity contribution is 5.63. The summed E-state index contributed by atoms with van der Waals surface area (Å²) in [6.45, 7) is 6.07. The molecule has 28 heavy (non-hydrogen) atoms. The fraction of sp³-hybridized carbons (Fsp3) is 0.304. The fourth-order valence-corrected chi connectivity index (χ4v) is 3.22. The molecule has 0 amide bonds. The van der Waals surface area contributed by atoms with Gasteiger partial charge in [0, 0.05) is 18.1 Å². The Hall–Kier alpha value is -3.08. The van der Waals surface area contributed by atoms with Crippen LogP contribution in [0.15, 0.2) is 59.4 Å². The van der Waals surface area contributed by atoms with E-state index in [1.165, 1.54) is 10.2 Å². The minimum absolute atomic E-state index is 0.119. The number of benzene rings is 2. The predicted molar refractivity (Wildman–Crippen MR) is 109 cm³/mol. The monoisotopic (exact) mass is 376 g/mol. The van der Waals surface area contributed by atoms with Gasteiger partial charge in [-0.2, -0.15) is 5.10 Å². The molecular weight excluding hydrogens is 352 g/mol. The number of rotatable bonds is 4. The second-order valence-electron chi connectivity index (χ2n) is 7.32. The third kappa shape index (κ3) is 3.93. The molecule has 144 valence electrons. The van der Waals surface area contributed by atoms with Gasteiger partial charge in [0.25, 0.3) is 5.56 Å². The van der Waals surface area contributed by atoms with Crippen LogP contribution in [-0.4, -0.2) is 23.0 Å². The average molecular weight is 376 g/mol. The molecule has 5 heteroatoms. The zero-order chi connectivity index (χ0) is 19.5. The lowest BCUT2D eigenvalue weighted by Gasteiger charge is -2.11. The molecule has 4 rings (SSSR count). The molecule has 1 aliphatic rings. The fourth-order valence-electron chi connectivity index (χ4n) is 3.22. The van der Waals surface area contributed by atoms with E-state index in [1.54, 1.807) is 12.1 Å². The van der Waals surface area contributed by atoms with Crippen molar-refractivity contribution in [1.82, 2.24) is 9.78 Å². The van der Waals surface area contributed by atoms with E-state index in [2.05, 4.69) is 43.2 Å². The highest BCUT2D eigenvalue weighted by atomic mass is 16.5. The quantitative estimate of drug-likeness (QED) is 0.683. The Bertz CT molecular complexity index is 1020. The van der Waals surface area contributed by atoms with Crippen LogP contribution in [-0.2, 0) is 6.54 Å². The highest BCUT2D eigenvalue weighted by Gasteiger charge is 2.13. The van der Waals surface area contributed by atoms with Crippen molar-refractivity contribution in [1.29, 1.82) is 0 Å². The Morgan fingerprint density at radius 2 is 1.71 bits per heavy atom. The number of nitrogens with zero attached hydrogens (tertiary/aromatic N) is 2. The van der Waals surface area contributed by atoms with Crippen molar-refractivity contribution in [2.45, 2.75) is 32.7 Å². The first-order valence-corrected chi connectivity index (χ1v) is 9.67. The molecule has 5 nitrogen and oxygen atoms in total. The molecule has 0 saturated carbocycles. The molecule has 0 saturated heterocycles. The van der Waals surface area contributed by atoms with Crippen LogP contribution >= 0.6 is 0 Å². The number of fused-ring (bicyclic) bond motifs is 1. The van der Waals surface area contributed by atoms with Crippen molar-refractivity contribution in [3.8, 4) is 22.8 Å². The molecule has 1 aliphatic heterocycles. The van der Waals surface area contributed by atoms with Gasteiger partial charge in [-0.15, -0.1) is 0 Å². The van der Waals surface area contributed by atoms with Crippen LogP contribution in [0.3, 0.4) is 0 Å². The van der Waals surface area contributed by atoms with Crippen LogP contribution in [0.4, 0.5) is 0 Å². The van der Waals surface area contributed by atoms with Gasteiger partial charge < -0.3 is 9.47 Å². The highest BCUT2D eigenvalue weighted by Crippen LogP contribution is 2.33. The smallest absolute Gasteiger partial charge is 0.267 e. The van der Waals surface area contributed by atoms with Crippen molar-refractivity contribution < 1.29 is 9.47 Å². The maximum Gasteiger partial charge on any atom is 0.267 e. The first-order valence-electron chi connectivity index (χ1n) is 9.67. The summed E-state index contributed by atoms with van der Waals surface area (Å²) in [6.07, 6.45) is 0.864. The molecule has 3 aromatic rings. The van der Waals surface area contributed by atoms with Crippen LogP contribution in [0.25, 0.3) is 11.3 Å². The molecule has 1 aromatic heterocycles. The molecule has 0 aliphatic carbocycles. The summed E-state index contributed by atoms with van der Waals surface area (Å²) in [5, 5.41) is 4.58. The minimum atomic E-state index is -0.119. The van der Waals surface area contributed by atoms with E-state index in [1.807, 2.05) is 18.2 Å². The van der Waals surface area contributed by atoms with E-state index < -0.39 is 0 Å². The van der Waals surface area contributed by atoms with Gasteiger partial charge in [0.15, 0.2) is 11.5 Å². The average Bonchev–Trinajstić information content (AvgIpc) is 2.95. The van der Waals surface area contributed by atoms with Gasteiger partial charge in [0.1, 0.15) is 0 Å². The number of hydrogen-bond donors (Lipinski definition) is 0.